The first-order valence-electron chi connectivity index (χ1n) is 11.4. The second kappa shape index (κ2) is 11.7. The number of rotatable bonds is 9. The number of para-hydroxylation sites is 1. The van der Waals surface area contributed by atoms with E-state index in [1.165, 1.54) is 16.7 Å². The van der Waals surface area contributed by atoms with Crippen LogP contribution in [0, 0.1) is 0 Å². The van der Waals surface area contributed by atoms with Gasteiger partial charge in [0, 0.05) is 11.4 Å². The maximum absolute atomic E-state index is 13.4. The van der Waals surface area contributed by atoms with E-state index in [9.17, 15) is 9.59 Å². The van der Waals surface area contributed by atoms with Gasteiger partial charge in [0.1, 0.15) is 12.3 Å². The highest BCUT2D eigenvalue weighted by Gasteiger charge is 2.30. The van der Waals surface area contributed by atoms with Crippen LogP contribution in [0.2, 0.25) is 0 Å². The fraction of sp³-hybridized carbons (Fsp3) is 0.214. The summed E-state index contributed by atoms with van der Waals surface area (Å²) >= 11 is 1.41. The third-order valence-corrected chi connectivity index (χ3v) is 6.81. The van der Waals surface area contributed by atoms with Gasteiger partial charge in [0.15, 0.2) is 11.5 Å². The lowest BCUT2D eigenvalue weighted by Crippen LogP contribution is -2.43. The Labute approximate surface area is 215 Å². The first kappa shape index (κ1) is 25.2. The van der Waals surface area contributed by atoms with Crippen molar-refractivity contribution in [2.24, 2.45) is 0 Å². The molecule has 186 valence electrons. The van der Waals surface area contributed by atoms with Crippen molar-refractivity contribution >= 4 is 35.3 Å². The number of nitrogens with zero attached hydrogens (tertiary/aromatic N) is 1. The van der Waals surface area contributed by atoms with Crippen LogP contribution in [-0.4, -0.2) is 46.2 Å². The van der Waals surface area contributed by atoms with Crippen molar-refractivity contribution in [3.05, 3.63) is 82.8 Å². The van der Waals surface area contributed by atoms with Gasteiger partial charge in [0.05, 0.1) is 31.9 Å². The summed E-state index contributed by atoms with van der Waals surface area (Å²) in [4.78, 5) is 29.2. The molecule has 1 heterocycles. The molecule has 0 unspecified atom stereocenters. The Bertz CT molecular complexity index is 1270. The average molecular weight is 505 g/mol. The molecule has 1 N–H and O–H groups in total. The van der Waals surface area contributed by atoms with E-state index in [1.54, 1.807) is 21.3 Å². The Morgan fingerprint density at radius 2 is 1.69 bits per heavy atom. The van der Waals surface area contributed by atoms with Crippen LogP contribution in [0.25, 0.3) is 6.08 Å². The molecule has 2 amide bonds. The van der Waals surface area contributed by atoms with Crippen LogP contribution in [0.3, 0.4) is 0 Å². The van der Waals surface area contributed by atoms with E-state index >= 15 is 0 Å². The molecule has 0 aliphatic carbocycles. The van der Waals surface area contributed by atoms with Crippen molar-refractivity contribution < 1.29 is 23.8 Å². The average Bonchev–Trinajstić information content (AvgIpc) is 2.91. The number of fused-ring (bicyclic) bond motifs is 1. The van der Waals surface area contributed by atoms with Crippen molar-refractivity contribution in [1.82, 2.24) is 5.32 Å². The molecule has 8 heteroatoms. The number of amides is 2. The second-order valence-corrected chi connectivity index (χ2v) is 9.12. The number of anilines is 1. The molecule has 0 radical (unpaired) electrons. The zero-order valence-corrected chi connectivity index (χ0v) is 21.3. The Morgan fingerprint density at radius 1 is 0.944 bits per heavy atom. The Kier molecular flexibility index (Phi) is 8.17. The quantitative estimate of drug-likeness (QED) is 0.431. The number of hydrogen-bond donors (Lipinski definition) is 1. The highest BCUT2D eigenvalue weighted by molar-refractivity contribution is 8.04. The molecule has 0 atom stereocenters. The molecular weight excluding hydrogens is 476 g/mol. The van der Waals surface area contributed by atoms with Crippen LogP contribution in [0.5, 0.6) is 17.2 Å². The maximum atomic E-state index is 13.4. The summed E-state index contributed by atoms with van der Waals surface area (Å²) in [6.45, 7) is 0.365. The molecule has 1 aliphatic heterocycles. The van der Waals surface area contributed by atoms with Gasteiger partial charge < -0.3 is 19.5 Å². The number of benzene rings is 3. The molecule has 0 fully saturated rings. The fourth-order valence-corrected chi connectivity index (χ4v) is 4.91. The molecule has 4 rings (SSSR count). The van der Waals surface area contributed by atoms with Gasteiger partial charge >= 0.3 is 0 Å². The normalized spacial score (nSPS) is 13.8. The van der Waals surface area contributed by atoms with Crippen LogP contribution in [0.15, 0.2) is 76.5 Å². The van der Waals surface area contributed by atoms with Gasteiger partial charge in [-0.15, -0.1) is 0 Å². The summed E-state index contributed by atoms with van der Waals surface area (Å²) in [7, 11) is 4.79. The zero-order valence-electron chi connectivity index (χ0n) is 20.4. The van der Waals surface area contributed by atoms with Crippen molar-refractivity contribution in [3.8, 4) is 17.2 Å². The standard InChI is InChI=1S/C28H28N2O5S/c1-33-21-11-8-19(9-12-21)17-26-28(32)30(22-6-4-5-7-25(22)36-26)18-27(31)29-15-14-20-10-13-23(34-2)24(16-20)35-3/h4-13,16-17H,14-15,18H2,1-3H3,(H,29,31). The molecule has 0 saturated carbocycles. The lowest BCUT2D eigenvalue weighted by Gasteiger charge is -2.29. The highest BCUT2D eigenvalue weighted by atomic mass is 32.2. The lowest BCUT2D eigenvalue weighted by molar-refractivity contribution is -0.122. The van der Waals surface area contributed by atoms with E-state index in [1.807, 2.05) is 72.8 Å². The minimum absolute atomic E-state index is 0.0672. The molecule has 36 heavy (non-hydrogen) atoms. The fourth-order valence-electron chi connectivity index (χ4n) is 3.85. The molecule has 0 aromatic heterocycles. The van der Waals surface area contributed by atoms with Crippen LogP contribution in [-0.2, 0) is 16.0 Å². The number of ether oxygens (including phenoxy) is 3. The largest absolute Gasteiger partial charge is 0.497 e. The van der Waals surface area contributed by atoms with Crippen LogP contribution >= 0.6 is 11.8 Å². The monoisotopic (exact) mass is 504 g/mol. The molecule has 0 bridgehead atoms. The Balaban J connectivity index is 1.44. The van der Waals surface area contributed by atoms with Crippen molar-refractivity contribution in [3.63, 3.8) is 0 Å². The summed E-state index contributed by atoms with van der Waals surface area (Å²) in [5.41, 5.74) is 2.62. The van der Waals surface area contributed by atoms with Gasteiger partial charge in [-0.2, -0.15) is 0 Å². The Hall–Kier alpha value is -3.91. The molecule has 0 saturated heterocycles. The third kappa shape index (κ3) is 5.83. The summed E-state index contributed by atoms with van der Waals surface area (Å²) < 4.78 is 15.8. The molecular formula is C28H28N2O5S. The first-order chi connectivity index (χ1) is 17.5. The van der Waals surface area contributed by atoms with Crippen LogP contribution < -0.4 is 24.4 Å². The summed E-state index contributed by atoms with van der Waals surface area (Å²) in [5.74, 6) is 1.62. The van der Waals surface area contributed by atoms with Gasteiger partial charge in [0.25, 0.3) is 5.91 Å². The number of carbonyl (C=O) groups excluding carboxylic acids is 2. The predicted molar refractivity (Wildman–Crippen MR) is 142 cm³/mol. The topological polar surface area (TPSA) is 77.1 Å². The molecule has 3 aromatic rings. The van der Waals surface area contributed by atoms with Crippen molar-refractivity contribution in [2.45, 2.75) is 11.3 Å². The van der Waals surface area contributed by atoms with E-state index in [-0.39, 0.29) is 18.4 Å². The van der Waals surface area contributed by atoms with Crippen molar-refractivity contribution in [2.75, 3.05) is 39.3 Å². The van der Waals surface area contributed by atoms with Crippen LogP contribution in [0.1, 0.15) is 11.1 Å². The van der Waals surface area contributed by atoms with E-state index in [0.29, 0.717) is 29.4 Å². The summed E-state index contributed by atoms with van der Waals surface area (Å²) in [5, 5.41) is 2.93. The van der Waals surface area contributed by atoms with Gasteiger partial charge in [-0.3, -0.25) is 14.5 Å². The Morgan fingerprint density at radius 3 is 2.42 bits per heavy atom. The number of thioether (sulfide) groups is 1. The van der Waals surface area contributed by atoms with Crippen molar-refractivity contribution in [1.29, 1.82) is 0 Å². The van der Waals surface area contributed by atoms with Gasteiger partial charge in [-0.25, -0.2) is 0 Å². The van der Waals surface area contributed by atoms with Gasteiger partial charge in [-0.05, 0) is 60.0 Å². The molecule has 1 aliphatic rings. The van der Waals surface area contributed by atoms with E-state index < -0.39 is 0 Å². The molecule has 0 spiro atoms. The number of methoxy groups -OCH3 is 3. The minimum atomic E-state index is -0.227. The third-order valence-electron chi connectivity index (χ3n) is 5.73. The zero-order chi connectivity index (χ0) is 25.5. The molecule has 3 aromatic carbocycles. The predicted octanol–water partition coefficient (Wildman–Crippen LogP) is 4.55. The maximum Gasteiger partial charge on any atom is 0.265 e. The number of carbonyl (C=O) groups is 2. The van der Waals surface area contributed by atoms with E-state index in [4.69, 9.17) is 14.2 Å². The summed E-state index contributed by atoms with van der Waals surface area (Å²) in [6, 6.07) is 20.8. The van der Waals surface area contributed by atoms with Gasteiger partial charge in [0.2, 0.25) is 5.91 Å². The number of nitrogens with one attached hydrogen (secondary N) is 1. The van der Waals surface area contributed by atoms with E-state index in [0.717, 1.165) is 27.5 Å². The second-order valence-electron chi connectivity index (χ2n) is 8.03. The minimum Gasteiger partial charge on any atom is -0.497 e. The SMILES string of the molecule is COc1ccc(C=C2Sc3ccccc3N(CC(=O)NCCc3ccc(OC)c(OC)c3)C2=O)cc1. The van der Waals surface area contributed by atoms with E-state index in [2.05, 4.69) is 5.32 Å². The molecule has 7 nitrogen and oxygen atoms in total. The number of hydrogen-bond acceptors (Lipinski definition) is 6. The van der Waals surface area contributed by atoms with Gasteiger partial charge in [-0.1, -0.05) is 42.1 Å². The smallest absolute Gasteiger partial charge is 0.265 e. The highest BCUT2D eigenvalue weighted by Crippen LogP contribution is 2.42. The first-order valence-corrected chi connectivity index (χ1v) is 12.3. The summed E-state index contributed by atoms with van der Waals surface area (Å²) in [6.07, 6.45) is 2.46. The van der Waals surface area contributed by atoms with Crippen LogP contribution in [0.4, 0.5) is 5.69 Å². The lowest BCUT2D eigenvalue weighted by atomic mass is 10.1.